The number of ether oxygens (including phenoxy) is 2. The fourth-order valence-electron chi connectivity index (χ4n) is 2.39. The van der Waals surface area contributed by atoms with Gasteiger partial charge in [-0.05, 0) is 38.1 Å². The number of hydrogen-bond acceptors (Lipinski definition) is 6. The van der Waals surface area contributed by atoms with Gasteiger partial charge in [-0.3, -0.25) is 9.63 Å². The summed E-state index contributed by atoms with van der Waals surface area (Å²) in [5.41, 5.74) is -1.52. The van der Waals surface area contributed by atoms with Crippen LogP contribution in [0.4, 0.5) is 0 Å². The second-order valence-corrected chi connectivity index (χ2v) is 8.29. The molecule has 0 spiro atoms. The van der Waals surface area contributed by atoms with Gasteiger partial charge in [-0.15, -0.1) is 0 Å². The Balaban J connectivity index is 0.000000637. The van der Waals surface area contributed by atoms with E-state index in [4.69, 9.17) is 14.3 Å². The van der Waals surface area contributed by atoms with Gasteiger partial charge in [-0.25, -0.2) is 13.5 Å². The van der Waals surface area contributed by atoms with Gasteiger partial charge in [0.05, 0.1) is 20.0 Å². The van der Waals surface area contributed by atoms with E-state index in [-0.39, 0.29) is 6.61 Å². The number of nitrogens with one attached hydrogen (secondary N) is 1. The van der Waals surface area contributed by atoms with Crippen molar-refractivity contribution in [1.82, 2.24) is 9.79 Å². The van der Waals surface area contributed by atoms with Crippen molar-refractivity contribution in [3.05, 3.63) is 60.7 Å². The number of amides is 1. The van der Waals surface area contributed by atoms with E-state index in [0.717, 1.165) is 11.3 Å². The lowest BCUT2D eigenvalue weighted by molar-refractivity contribution is -0.176. The molecular formula is C21H30N2O6S. The van der Waals surface area contributed by atoms with Gasteiger partial charge < -0.3 is 9.47 Å². The Morgan fingerprint density at radius 2 is 1.43 bits per heavy atom. The zero-order chi connectivity index (χ0) is 22.6. The van der Waals surface area contributed by atoms with E-state index in [0.29, 0.717) is 18.1 Å². The van der Waals surface area contributed by atoms with E-state index in [1.807, 2.05) is 43.3 Å². The molecule has 30 heavy (non-hydrogen) atoms. The van der Waals surface area contributed by atoms with E-state index in [2.05, 4.69) is 4.72 Å². The fraction of sp³-hybridized carbons (Fsp3) is 0.381. The van der Waals surface area contributed by atoms with Gasteiger partial charge in [0.1, 0.15) is 23.6 Å². The first kappa shape index (κ1) is 25.4. The van der Waals surface area contributed by atoms with Crippen molar-refractivity contribution in [2.45, 2.75) is 19.4 Å². The van der Waals surface area contributed by atoms with Crippen LogP contribution >= 0.6 is 0 Å². The molecule has 0 aliphatic heterocycles. The average molecular weight is 439 g/mol. The number of hydroxylamine groups is 2. The highest BCUT2D eigenvalue weighted by atomic mass is 32.2. The molecule has 0 bridgehead atoms. The molecule has 0 aromatic heterocycles. The highest BCUT2D eigenvalue weighted by Crippen LogP contribution is 2.20. The maximum atomic E-state index is 12.4. The normalized spacial score (nSPS) is 12.7. The molecule has 1 N–H and O–H groups in total. The quantitative estimate of drug-likeness (QED) is 0.605. The molecule has 0 aliphatic rings. The summed E-state index contributed by atoms with van der Waals surface area (Å²) in [6.45, 7) is 3.65. The highest BCUT2D eigenvalue weighted by Gasteiger charge is 2.39. The van der Waals surface area contributed by atoms with Gasteiger partial charge in [0.2, 0.25) is 10.0 Å². The van der Waals surface area contributed by atoms with Crippen LogP contribution in [-0.4, -0.2) is 58.6 Å². The average Bonchev–Trinajstić information content (AvgIpc) is 2.73. The lowest BCUT2D eigenvalue weighted by atomic mass is 10.0. The summed E-state index contributed by atoms with van der Waals surface area (Å²) in [6, 6.07) is 18.8. The first-order chi connectivity index (χ1) is 14.1. The van der Waals surface area contributed by atoms with Crippen molar-refractivity contribution in [2.75, 3.05) is 33.6 Å². The summed E-state index contributed by atoms with van der Waals surface area (Å²) in [6.07, 6.45) is 0.974. The number of likely N-dealkylation sites (N-methyl/N-ethyl adjacent to an activating group) is 1. The summed E-state index contributed by atoms with van der Waals surface area (Å²) in [4.78, 5) is 17.3. The third-order valence-corrected chi connectivity index (χ3v) is 4.59. The van der Waals surface area contributed by atoms with Gasteiger partial charge in [-0.1, -0.05) is 36.4 Å². The number of sulfonamides is 1. The van der Waals surface area contributed by atoms with E-state index in [9.17, 15) is 13.2 Å². The van der Waals surface area contributed by atoms with E-state index >= 15 is 0 Å². The lowest BCUT2D eigenvalue weighted by Gasteiger charge is -2.31. The molecule has 1 atom stereocenters. The minimum absolute atomic E-state index is 0.208. The van der Waals surface area contributed by atoms with Crippen molar-refractivity contribution in [2.24, 2.45) is 0 Å². The first-order valence-corrected chi connectivity index (χ1v) is 11.2. The molecule has 8 nitrogen and oxygen atoms in total. The number of rotatable bonds is 9. The van der Waals surface area contributed by atoms with Crippen molar-refractivity contribution in [1.29, 1.82) is 0 Å². The number of carbonyl (C=O) groups excluding carboxylic acids is 1. The Morgan fingerprint density at radius 3 is 1.80 bits per heavy atom. The third-order valence-electron chi connectivity index (χ3n) is 3.77. The van der Waals surface area contributed by atoms with Crippen molar-refractivity contribution < 1.29 is 27.5 Å². The van der Waals surface area contributed by atoms with Crippen LogP contribution in [0.1, 0.15) is 13.8 Å². The summed E-state index contributed by atoms with van der Waals surface area (Å²) < 4.78 is 36.4. The van der Waals surface area contributed by atoms with Gasteiger partial charge >= 0.3 is 0 Å². The van der Waals surface area contributed by atoms with Gasteiger partial charge in [0.15, 0.2) is 0 Å². The van der Waals surface area contributed by atoms with Crippen molar-refractivity contribution >= 4 is 15.9 Å². The Kier molecular flexibility index (Phi) is 10.3. The molecule has 0 saturated carbocycles. The highest BCUT2D eigenvalue weighted by molar-refractivity contribution is 7.88. The zero-order valence-electron chi connectivity index (χ0n) is 18.0. The van der Waals surface area contributed by atoms with Crippen LogP contribution in [0.25, 0.3) is 0 Å². The topological polar surface area (TPSA) is 94.2 Å². The lowest BCUT2D eigenvalue weighted by Crippen LogP contribution is -2.59. The van der Waals surface area contributed by atoms with Gasteiger partial charge in [0.25, 0.3) is 5.91 Å². The van der Waals surface area contributed by atoms with Crippen molar-refractivity contribution in [3.63, 3.8) is 0 Å². The minimum atomic E-state index is -3.64. The molecule has 9 heteroatoms. The SMILES string of the molecule is CCOc1ccc(OCC(C)(NS(C)(=O)=O)C(=O)N(C)OC)cc1.c1ccccc1. The first-order valence-electron chi connectivity index (χ1n) is 9.28. The fourth-order valence-corrected chi connectivity index (χ4v) is 3.35. The van der Waals surface area contributed by atoms with E-state index < -0.39 is 21.5 Å². The Hall–Kier alpha value is -2.62. The minimum Gasteiger partial charge on any atom is -0.494 e. The Morgan fingerprint density at radius 1 is 1.00 bits per heavy atom. The van der Waals surface area contributed by atoms with Crippen LogP contribution in [0, 0.1) is 0 Å². The number of benzene rings is 2. The van der Waals surface area contributed by atoms with E-state index in [1.54, 1.807) is 24.3 Å². The van der Waals surface area contributed by atoms with E-state index in [1.165, 1.54) is 21.1 Å². The molecule has 0 fully saturated rings. The molecule has 1 amide bonds. The summed E-state index contributed by atoms with van der Waals surface area (Å²) in [7, 11) is -0.938. The molecule has 0 heterocycles. The molecule has 2 aromatic rings. The number of hydrogen-bond donors (Lipinski definition) is 1. The van der Waals surface area contributed by atoms with Gasteiger partial charge in [-0.2, -0.15) is 4.72 Å². The van der Waals surface area contributed by atoms with Crippen LogP contribution in [0.5, 0.6) is 11.5 Å². The summed E-state index contributed by atoms with van der Waals surface area (Å²) in [5.74, 6) is 0.589. The second kappa shape index (κ2) is 12.2. The van der Waals surface area contributed by atoms with Gasteiger partial charge in [0, 0.05) is 7.05 Å². The van der Waals surface area contributed by atoms with Crippen LogP contribution in [0.2, 0.25) is 0 Å². The van der Waals surface area contributed by atoms with Crippen LogP contribution in [-0.2, 0) is 19.7 Å². The molecule has 0 aliphatic carbocycles. The van der Waals surface area contributed by atoms with Crippen LogP contribution in [0.3, 0.4) is 0 Å². The maximum absolute atomic E-state index is 12.4. The molecule has 166 valence electrons. The Labute approximate surface area is 178 Å². The molecule has 0 saturated heterocycles. The predicted octanol–water partition coefficient (Wildman–Crippen LogP) is 2.48. The second-order valence-electron chi connectivity index (χ2n) is 6.54. The van der Waals surface area contributed by atoms with Crippen LogP contribution < -0.4 is 14.2 Å². The largest absolute Gasteiger partial charge is 0.494 e. The standard InChI is InChI=1S/C15H24N2O6S.C6H6/c1-6-22-12-7-9-13(10-8-12)23-11-15(2,16-24(5,19)20)14(18)17(3)21-4;1-2-4-6-5-3-1/h7-10,16H,6,11H2,1-5H3;1-6H. The summed E-state index contributed by atoms with van der Waals surface area (Å²) >= 11 is 0. The molecular weight excluding hydrogens is 408 g/mol. The third kappa shape index (κ3) is 9.25. The number of nitrogens with zero attached hydrogens (tertiary/aromatic N) is 1. The smallest absolute Gasteiger partial charge is 0.270 e. The molecule has 0 radical (unpaired) electrons. The van der Waals surface area contributed by atoms with Crippen LogP contribution in [0.15, 0.2) is 60.7 Å². The summed E-state index contributed by atoms with van der Waals surface area (Å²) in [5, 5.41) is 0.944. The molecule has 2 aromatic carbocycles. The molecule has 1 unspecified atom stereocenters. The zero-order valence-corrected chi connectivity index (χ0v) is 18.8. The Bertz CT molecular complexity index is 832. The number of carbonyl (C=O) groups is 1. The van der Waals surface area contributed by atoms with Crippen molar-refractivity contribution in [3.8, 4) is 11.5 Å². The maximum Gasteiger partial charge on any atom is 0.270 e. The monoisotopic (exact) mass is 438 g/mol. The molecule has 2 rings (SSSR count). The predicted molar refractivity (Wildman–Crippen MR) is 116 cm³/mol.